The van der Waals surface area contributed by atoms with Crippen LogP contribution in [0.25, 0.3) is 0 Å². The summed E-state index contributed by atoms with van der Waals surface area (Å²) in [5, 5.41) is 0. The molecule has 0 aliphatic carbocycles. The van der Waals surface area contributed by atoms with E-state index >= 15 is 0 Å². The summed E-state index contributed by atoms with van der Waals surface area (Å²) in [6.07, 6.45) is 2.83. The van der Waals surface area contributed by atoms with E-state index in [2.05, 4.69) is 6.08 Å². The van der Waals surface area contributed by atoms with Crippen molar-refractivity contribution in [2.75, 3.05) is 20.5 Å². The molecule has 1 aliphatic rings. The predicted molar refractivity (Wildman–Crippen MR) is 61.1 cm³/mol. The van der Waals surface area contributed by atoms with Crippen molar-refractivity contribution in [3.8, 4) is 0 Å². The van der Waals surface area contributed by atoms with Gasteiger partial charge in [-0.05, 0) is 32.8 Å². The highest BCUT2D eigenvalue weighted by atomic mass is 16.7. The van der Waals surface area contributed by atoms with Crippen molar-refractivity contribution < 1.29 is 18.9 Å². The third-order valence-corrected chi connectivity index (χ3v) is 2.63. The van der Waals surface area contributed by atoms with E-state index in [1.165, 1.54) is 0 Å². The minimum atomic E-state index is -0.225. The Kier molecular flexibility index (Phi) is 5.98. The highest BCUT2D eigenvalue weighted by Gasteiger charge is 2.27. The zero-order valence-electron chi connectivity index (χ0n) is 10.6. The standard InChI is InChI=1S/C12H22O4/c1-5-14-12-9(2)6-7-11(16-12)10(3)15-8-13-4/h6,10-12H,5,7-8H2,1-4H3/t10-,11-,12?/m0/s1. The van der Waals surface area contributed by atoms with Crippen LogP contribution in [0.2, 0.25) is 0 Å². The molecule has 0 N–H and O–H groups in total. The van der Waals surface area contributed by atoms with E-state index in [0.29, 0.717) is 13.4 Å². The topological polar surface area (TPSA) is 36.9 Å². The molecule has 0 spiro atoms. The Labute approximate surface area is 97.5 Å². The molecular formula is C12H22O4. The van der Waals surface area contributed by atoms with Crippen molar-refractivity contribution >= 4 is 0 Å². The van der Waals surface area contributed by atoms with Crippen LogP contribution < -0.4 is 0 Å². The Morgan fingerprint density at radius 1 is 1.56 bits per heavy atom. The van der Waals surface area contributed by atoms with Crippen molar-refractivity contribution in [1.82, 2.24) is 0 Å². The monoisotopic (exact) mass is 230 g/mol. The second-order valence-corrected chi connectivity index (χ2v) is 3.92. The molecule has 94 valence electrons. The molecule has 1 heterocycles. The van der Waals surface area contributed by atoms with E-state index in [1.54, 1.807) is 7.11 Å². The molecule has 0 aromatic carbocycles. The molecule has 1 unspecified atom stereocenters. The molecule has 0 aromatic rings. The number of hydrogen-bond acceptors (Lipinski definition) is 4. The van der Waals surface area contributed by atoms with Gasteiger partial charge < -0.3 is 18.9 Å². The zero-order valence-corrected chi connectivity index (χ0v) is 10.6. The Hall–Kier alpha value is -0.420. The average Bonchev–Trinajstić information content (AvgIpc) is 2.29. The van der Waals surface area contributed by atoms with Gasteiger partial charge in [-0.2, -0.15) is 0 Å². The molecule has 3 atom stereocenters. The third kappa shape index (κ3) is 3.87. The molecule has 4 heteroatoms. The van der Waals surface area contributed by atoms with Crippen LogP contribution in [0.15, 0.2) is 11.6 Å². The second kappa shape index (κ2) is 7.01. The summed E-state index contributed by atoms with van der Waals surface area (Å²) in [5.74, 6) is 0. The largest absolute Gasteiger partial charge is 0.359 e. The summed E-state index contributed by atoms with van der Waals surface area (Å²) >= 11 is 0. The van der Waals surface area contributed by atoms with Crippen LogP contribution in [0.5, 0.6) is 0 Å². The maximum absolute atomic E-state index is 5.83. The summed E-state index contributed by atoms with van der Waals surface area (Å²) < 4.78 is 21.7. The van der Waals surface area contributed by atoms with E-state index < -0.39 is 0 Å². The van der Waals surface area contributed by atoms with Crippen molar-refractivity contribution in [3.63, 3.8) is 0 Å². The van der Waals surface area contributed by atoms with Gasteiger partial charge in [0.2, 0.25) is 0 Å². The highest BCUT2D eigenvalue weighted by molar-refractivity contribution is 5.06. The molecule has 0 aromatic heterocycles. The van der Waals surface area contributed by atoms with Crippen LogP contribution in [-0.2, 0) is 18.9 Å². The lowest BCUT2D eigenvalue weighted by Crippen LogP contribution is -2.37. The third-order valence-electron chi connectivity index (χ3n) is 2.63. The maximum Gasteiger partial charge on any atom is 0.179 e. The van der Waals surface area contributed by atoms with Gasteiger partial charge in [0.25, 0.3) is 0 Å². The van der Waals surface area contributed by atoms with Crippen molar-refractivity contribution in [1.29, 1.82) is 0 Å². The lowest BCUT2D eigenvalue weighted by Gasteiger charge is -2.32. The van der Waals surface area contributed by atoms with Gasteiger partial charge in [-0.15, -0.1) is 0 Å². The number of methoxy groups -OCH3 is 1. The number of ether oxygens (including phenoxy) is 4. The molecule has 0 fully saturated rings. The lowest BCUT2D eigenvalue weighted by molar-refractivity contribution is -0.194. The predicted octanol–water partition coefficient (Wildman–Crippen LogP) is 2.09. The summed E-state index contributed by atoms with van der Waals surface area (Å²) in [6, 6.07) is 0. The van der Waals surface area contributed by atoms with Gasteiger partial charge in [-0.3, -0.25) is 0 Å². The fraction of sp³-hybridized carbons (Fsp3) is 0.833. The van der Waals surface area contributed by atoms with Gasteiger partial charge in [-0.25, -0.2) is 0 Å². The second-order valence-electron chi connectivity index (χ2n) is 3.92. The van der Waals surface area contributed by atoms with E-state index in [9.17, 15) is 0 Å². The zero-order chi connectivity index (χ0) is 12.0. The van der Waals surface area contributed by atoms with E-state index in [-0.39, 0.29) is 18.5 Å². The first-order valence-electron chi connectivity index (χ1n) is 5.73. The molecule has 1 rings (SSSR count). The van der Waals surface area contributed by atoms with Crippen LogP contribution in [0, 0.1) is 0 Å². The van der Waals surface area contributed by atoms with Crippen LogP contribution >= 0.6 is 0 Å². The minimum Gasteiger partial charge on any atom is -0.359 e. The Morgan fingerprint density at radius 3 is 2.94 bits per heavy atom. The average molecular weight is 230 g/mol. The van der Waals surface area contributed by atoms with Gasteiger partial charge in [-0.1, -0.05) is 6.08 Å². The number of hydrogen-bond donors (Lipinski definition) is 0. The molecule has 0 amide bonds. The molecule has 16 heavy (non-hydrogen) atoms. The molecule has 1 aliphatic heterocycles. The molecule has 0 saturated carbocycles. The smallest absolute Gasteiger partial charge is 0.179 e. The first-order valence-corrected chi connectivity index (χ1v) is 5.73. The quantitative estimate of drug-likeness (QED) is 0.517. The molecular weight excluding hydrogens is 208 g/mol. The van der Waals surface area contributed by atoms with Gasteiger partial charge >= 0.3 is 0 Å². The summed E-state index contributed by atoms with van der Waals surface area (Å²) in [6.45, 7) is 6.92. The molecule has 0 bridgehead atoms. The maximum atomic E-state index is 5.83. The Bertz CT molecular complexity index is 227. The van der Waals surface area contributed by atoms with Crippen LogP contribution in [0.3, 0.4) is 0 Å². The van der Waals surface area contributed by atoms with Crippen LogP contribution in [-0.4, -0.2) is 39.0 Å². The van der Waals surface area contributed by atoms with E-state index in [0.717, 1.165) is 12.0 Å². The highest BCUT2D eigenvalue weighted by Crippen LogP contribution is 2.23. The van der Waals surface area contributed by atoms with Gasteiger partial charge in [0.05, 0.1) is 12.2 Å². The Balaban J connectivity index is 2.45. The van der Waals surface area contributed by atoms with E-state index in [4.69, 9.17) is 18.9 Å². The molecule has 0 saturated heterocycles. The summed E-state index contributed by atoms with van der Waals surface area (Å²) in [4.78, 5) is 0. The first kappa shape index (κ1) is 13.6. The van der Waals surface area contributed by atoms with Gasteiger partial charge in [0.15, 0.2) is 6.29 Å². The fourth-order valence-electron chi connectivity index (χ4n) is 1.63. The van der Waals surface area contributed by atoms with Gasteiger partial charge in [0, 0.05) is 13.7 Å². The van der Waals surface area contributed by atoms with E-state index in [1.807, 2.05) is 20.8 Å². The molecule has 4 nitrogen and oxygen atoms in total. The number of rotatable bonds is 6. The Morgan fingerprint density at radius 2 is 2.31 bits per heavy atom. The van der Waals surface area contributed by atoms with Crippen LogP contribution in [0.1, 0.15) is 27.2 Å². The lowest BCUT2D eigenvalue weighted by atomic mass is 10.1. The molecule has 0 radical (unpaired) electrons. The van der Waals surface area contributed by atoms with Crippen molar-refractivity contribution in [2.24, 2.45) is 0 Å². The normalized spacial score (nSPS) is 27.6. The van der Waals surface area contributed by atoms with Gasteiger partial charge in [0.1, 0.15) is 6.79 Å². The fourth-order valence-corrected chi connectivity index (χ4v) is 1.63. The SMILES string of the molecule is CCOC1O[C@H]([C@H](C)OCOC)CC=C1C. The summed E-state index contributed by atoms with van der Waals surface area (Å²) in [5.41, 5.74) is 1.14. The first-order chi connectivity index (χ1) is 7.69. The summed E-state index contributed by atoms with van der Waals surface area (Å²) in [7, 11) is 1.61. The minimum absolute atomic E-state index is 0.00672. The van der Waals surface area contributed by atoms with Crippen molar-refractivity contribution in [2.45, 2.75) is 45.7 Å². The van der Waals surface area contributed by atoms with Crippen LogP contribution in [0.4, 0.5) is 0 Å². The van der Waals surface area contributed by atoms with Crippen molar-refractivity contribution in [3.05, 3.63) is 11.6 Å².